The molecular weight excluding hydrogens is 299 g/mol. The summed E-state index contributed by atoms with van der Waals surface area (Å²) in [6.07, 6.45) is 1.32. The van der Waals surface area contributed by atoms with Crippen molar-refractivity contribution in [3.05, 3.63) is 0 Å². The van der Waals surface area contributed by atoms with Crippen LogP contribution in [0.25, 0.3) is 0 Å². The lowest BCUT2D eigenvalue weighted by Gasteiger charge is -2.26. The van der Waals surface area contributed by atoms with Gasteiger partial charge in [0.25, 0.3) is 0 Å². The summed E-state index contributed by atoms with van der Waals surface area (Å²) in [5.41, 5.74) is 0. The molecule has 0 spiro atoms. The van der Waals surface area contributed by atoms with Crippen molar-refractivity contribution in [3.63, 3.8) is 0 Å². The van der Waals surface area contributed by atoms with Crippen LogP contribution < -0.4 is 10.6 Å². The molecule has 0 aromatic heterocycles. The van der Waals surface area contributed by atoms with Crippen LogP contribution >= 0.6 is 0 Å². The second-order valence-electron chi connectivity index (χ2n) is 6.05. The number of halogens is 3. The Morgan fingerprint density at radius 2 is 1.77 bits per heavy atom. The fraction of sp³-hybridized carbons (Fsp3) is 0.857. The number of rotatable bonds is 3. The summed E-state index contributed by atoms with van der Waals surface area (Å²) in [7, 11) is 0. The summed E-state index contributed by atoms with van der Waals surface area (Å²) < 4.78 is 36.0. The lowest BCUT2D eigenvalue weighted by atomic mass is 9.88. The lowest BCUT2D eigenvalue weighted by molar-refractivity contribution is -0.135. The highest BCUT2D eigenvalue weighted by Crippen LogP contribution is 2.26. The van der Waals surface area contributed by atoms with E-state index in [0.717, 1.165) is 25.7 Å². The number of hydrogen-bond acceptors (Lipinski definition) is 2. The maximum absolute atomic E-state index is 12.3. The Hall–Kier alpha value is -1.47. The molecule has 1 saturated heterocycles. The van der Waals surface area contributed by atoms with E-state index >= 15 is 0 Å². The van der Waals surface area contributed by atoms with E-state index in [2.05, 4.69) is 5.32 Å². The molecular formula is C14H22F3N3O2. The molecule has 8 heteroatoms. The minimum absolute atomic E-state index is 0.0755. The van der Waals surface area contributed by atoms with E-state index < -0.39 is 18.8 Å². The summed E-state index contributed by atoms with van der Waals surface area (Å²) in [5, 5.41) is 4.27. The van der Waals surface area contributed by atoms with E-state index in [4.69, 9.17) is 0 Å². The van der Waals surface area contributed by atoms with Crippen LogP contribution in [-0.4, -0.2) is 48.7 Å². The molecule has 2 aliphatic rings. The van der Waals surface area contributed by atoms with Crippen molar-refractivity contribution in [2.75, 3.05) is 19.6 Å². The molecule has 2 rings (SSSR count). The molecule has 3 amide bonds. The van der Waals surface area contributed by atoms with E-state index in [-0.39, 0.29) is 17.9 Å². The molecule has 0 radical (unpaired) electrons. The third-order valence-electron chi connectivity index (χ3n) is 4.24. The first-order valence-corrected chi connectivity index (χ1v) is 7.75. The molecule has 1 unspecified atom stereocenters. The van der Waals surface area contributed by atoms with Gasteiger partial charge < -0.3 is 15.5 Å². The Kier molecular flexibility index (Phi) is 5.52. The molecule has 1 aliphatic carbocycles. The van der Waals surface area contributed by atoms with Gasteiger partial charge in [0, 0.05) is 25.0 Å². The highest BCUT2D eigenvalue weighted by molar-refractivity contribution is 5.79. The van der Waals surface area contributed by atoms with Crippen LogP contribution in [0.1, 0.15) is 38.5 Å². The fourth-order valence-electron chi connectivity index (χ4n) is 3.10. The number of nitrogens with zero attached hydrogens (tertiary/aromatic N) is 1. The molecule has 0 bridgehead atoms. The Labute approximate surface area is 127 Å². The molecule has 0 aromatic rings. The molecule has 5 nitrogen and oxygen atoms in total. The van der Waals surface area contributed by atoms with Crippen molar-refractivity contribution < 1.29 is 22.8 Å². The lowest BCUT2D eigenvalue weighted by Crippen LogP contribution is -2.46. The van der Waals surface area contributed by atoms with Gasteiger partial charge in [-0.2, -0.15) is 13.2 Å². The number of carbonyl (C=O) groups excluding carboxylic acids is 2. The van der Waals surface area contributed by atoms with E-state index in [1.165, 1.54) is 6.42 Å². The fourth-order valence-corrected chi connectivity index (χ4v) is 3.10. The average molecular weight is 321 g/mol. The zero-order valence-corrected chi connectivity index (χ0v) is 12.4. The van der Waals surface area contributed by atoms with Crippen LogP contribution in [0.2, 0.25) is 0 Å². The van der Waals surface area contributed by atoms with Crippen molar-refractivity contribution in [2.24, 2.45) is 5.92 Å². The first-order valence-electron chi connectivity index (χ1n) is 7.75. The molecule has 2 fully saturated rings. The van der Waals surface area contributed by atoms with Gasteiger partial charge in [-0.15, -0.1) is 0 Å². The van der Waals surface area contributed by atoms with Crippen molar-refractivity contribution >= 4 is 11.9 Å². The standard InChI is InChI=1S/C14H22F3N3O2/c15-14(16,17)9-18-13(22)19-11-6-7-20(8-11)12(21)10-4-2-1-3-5-10/h10-11H,1-9H2,(H2,18,19,22). The summed E-state index contributed by atoms with van der Waals surface area (Å²) in [5.74, 6) is 0.200. The van der Waals surface area contributed by atoms with E-state index in [0.29, 0.717) is 19.5 Å². The number of likely N-dealkylation sites (tertiary alicyclic amines) is 1. The van der Waals surface area contributed by atoms with E-state index in [1.807, 2.05) is 0 Å². The second-order valence-corrected chi connectivity index (χ2v) is 6.05. The quantitative estimate of drug-likeness (QED) is 0.835. The molecule has 1 aliphatic heterocycles. The highest BCUT2D eigenvalue weighted by atomic mass is 19.4. The Balaban J connectivity index is 1.73. The molecule has 126 valence electrons. The molecule has 1 saturated carbocycles. The van der Waals surface area contributed by atoms with Gasteiger partial charge in [0.1, 0.15) is 6.54 Å². The molecule has 22 heavy (non-hydrogen) atoms. The Bertz CT molecular complexity index is 409. The second kappa shape index (κ2) is 7.19. The first kappa shape index (κ1) is 16.9. The molecule has 0 aromatic carbocycles. The monoisotopic (exact) mass is 321 g/mol. The normalized spacial score (nSPS) is 23.4. The minimum Gasteiger partial charge on any atom is -0.340 e. The first-order chi connectivity index (χ1) is 10.3. The number of urea groups is 1. The predicted molar refractivity (Wildman–Crippen MR) is 74.1 cm³/mol. The molecule has 1 heterocycles. The number of alkyl halides is 3. The maximum Gasteiger partial charge on any atom is 0.405 e. The number of hydrogen-bond donors (Lipinski definition) is 2. The zero-order chi connectivity index (χ0) is 16.2. The topological polar surface area (TPSA) is 61.4 Å². The van der Waals surface area contributed by atoms with Gasteiger partial charge in [0.2, 0.25) is 5.91 Å². The van der Waals surface area contributed by atoms with Crippen molar-refractivity contribution in [1.29, 1.82) is 0 Å². The van der Waals surface area contributed by atoms with Gasteiger partial charge in [0.05, 0.1) is 0 Å². The van der Waals surface area contributed by atoms with Crippen molar-refractivity contribution in [1.82, 2.24) is 15.5 Å². The number of amides is 3. The van der Waals surface area contributed by atoms with Gasteiger partial charge in [-0.3, -0.25) is 4.79 Å². The predicted octanol–water partition coefficient (Wildman–Crippen LogP) is 2.03. The SMILES string of the molecule is O=C(NCC(F)(F)F)NC1CCN(C(=O)C2CCCCC2)C1. The average Bonchev–Trinajstić information content (AvgIpc) is 2.93. The zero-order valence-electron chi connectivity index (χ0n) is 12.4. The molecule has 1 atom stereocenters. The van der Waals surface area contributed by atoms with Crippen molar-refractivity contribution in [2.45, 2.75) is 50.7 Å². The van der Waals surface area contributed by atoms with Crippen LogP contribution in [0.4, 0.5) is 18.0 Å². The van der Waals surface area contributed by atoms with Crippen molar-refractivity contribution in [3.8, 4) is 0 Å². The summed E-state index contributed by atoms with van der Waals surface area (Å²) in [6.45, 7) is -0.412. The smallest absolute Gasteiger partial charge is 0.340 e. The molecule has 2 N–H and O–H groups in total. The van der Waals surface area contributed by atoms with Gasteiger partial charge in [-0.1, -0.05) is 19.3 Å². The van der Waals surface area contributed by atoms with Crippen LogP contribution in [0.3, 0.4) is 0 Å². The van der Waals surface area contributed by atoms with Gasteiger partial charge in [-0.25, -0.2) is 4.79 Å². The highest BCUT2D eigenvalue weighted by Gasteiger charge is 2.33. The van der Waals surface area contributed by atoms with E-state index in [1.54, 1.807) is 10.2 Å². The number of nitrogens with one attached hydrogen (secondary N) is 2. The minimum atomic E-state index is -4.42. The van der Waals surface area contributed by atoms with Gasteiger partial charge in [-0.05, 0) is 19.3 Å². The van der Waals surface area contributed by atoms with Crippen LogP contribution in [0.15, 0.2) is 0 Å². The van der Waals surface area contributed by atoms with Gasteiger partial charge >= 0.3 is 12.2 Å². The summed E-state index contributed by atoms with van der Waals surface area (Å²) in [4.78, 5) is 25.5. The van der Waals surface area contributed by atoms with Crippen LogP contribution in [0, 0.1) is 5.92 Å². The van der Waals surface area contributed by atoms with E-state index in [9.17, 15) is 22.8 Å². The third kappa shape index (κ3) is 5.06. The maximum atomic E-state index is 12.3. The number of carbonyl (C=O) groups is 2. The Morgan fingerprint density at radius 3 is 2.41 bits per heavy atom. The summed E-state index contributed by atoms with van der Waals surface area (Å²) >= 11 is 0. The summed E-state index contributed by atoms with van der Waals surface area (Å²) in [6, 6.07) is -1.12. The third-order valence-corrected chi connectivity index (χ3v) is 4.24. The van der Waals surface area contributed by atoms with Crippen LogP contribution in [-0.2, 0) is 4.79 Å². The largest absolute Gasteiger partial charge is 0.405 e. The van der Waals surface area contributed by atoms with Gasteiger partial charge in [0.15, 0.2) is 0 Å². The van der Waals surface area contributed by atoms with Crippen LogP contribution in [0.5, 0.6) is 0 Å². The Morgan fingerprint density at radius 1 is 1.09 bits per heavy atom.